The molecule has 0 fully saturated rings. The van der Waals surface area contributed by atoms with E-state index >= 15 is 0 Å². The first kappa shape index (κ1) is 16.0. The average molecular weight is 287 g/mol. The molecular formula is C14H26N2S2. The summed E-state index contributed by atoms with van der Waals surface area (Å²) in [6.07, 6.45) is 0.893. The van der Waals surface area contributed by atoms with Crippen LogP contribution in [0.1, 0.15) is 52.2 Å². The minimum Gasteiger partial charge on any atom is -0.327 e. The second kappa shape index (κ2) is 5.93. The van der Waals surface area contributed by atoms with Gasteiger partial charge in [0.15, 0.2) is 0 Å². The smallest absolute Gasteiger partial charge is 0.0944 e. The molecule has 0 bridgehead atoms. The van der Waals surface area contributed by atoms with Crippen LogP contribution in [0.25, 0.3) is 0 Å². The first-order valence-corrected chi connectivity index (χ1v) is 8.29. The van der Waals surface area contributed by atoms with Crippen molar-refractivity contribution in [3.05, 3.63) is 16.1 Å². The van der Waals surface area contributed by atoms with Crippen LogP contribution in [-0.4, -0.2) is 21.5 Å². The van der Waals surface area contributed by atoms with Crippen LogP contribution in [0.2, 0.25) is 0 Å². The highest BCUT2D eigenvalue weighted by atomic mass is 32.2. The maximum atomic E-state index is 6.18. The van der Waals surface area contributed by atoms with Gasteiger partial charge in [-0.25, -0.2) is 4.98 Å². The van der Waals surface area contributed by atoms with E-state index in [0.29, 0.717) is 0 Å². The van der Waals surface area contributed by atoms with E-state index in [-0.39, 0.29) is 16.2 Å². The molecule has 18 heavy (non-hydrogen) atoms. The summed E-state index contributed by atoms with van der Waals surface area (Å²) in [6.45, 7) is 13.3. The number of rotatable bonds is 4. The van der Waals surface area contributed by atoms with Crippen LogP contribution in [0.4, 0.5) is 0 Å². The lowest BCUT2D eigenvalue weighted by atomic mass is 9.93. The van der Waals surface area contributed by atoms with Crippen molar-refractivity contribution in [2.75, 3.05) is 5.75 Å². The van der Waals surface area contributed by atoms with E-state index < -0.39 is 0 Å². The van der Waals surface area contributed by atoms with Gasteiger partial charge in [-0.2, -0.15) is 11.8 Å². The van der Waals surface area contributed by atoms with Crippen molar-refractivity contribution in [2.45, 2.75) is 64.2 Å². The molecule has 0 radical (unpaired) electrons. The Bertz CT molecular complexity index is 372. The van der Waals surface area contributed by atoms with Gasteiger partial charge < -0.3 is 5.73 Å². The number of hydrogen-bond acceptors (Lipinski definition) is 4. The van der Waals surface area contributed by atoms with Crippen molar-refractivity contribution in [2.24, 2.45) is 5.73 Å². The highest BCUT2D eigenvalue weighted by molar-refractivity contribution is 8.00. The van der Waals surface area contributed by atoms with Gasteiger partial charge in [0.25, 0.3) is 0 Å². The Balaban J connectivity index is 2.50. The third kappa shape index (κ3) is 5.72. The van der Waals surface area contributed by atoms with Gasteiger partial charge in [-0.05, 0) is 0 Å². The first-order valence-electron chi connectivity index (χ1n) is 6.42. The normalized spacial score (nSPS) is 14.8. The van der Waals surface area contributed by atoms with Gasteiger partial charge in [0.05, 0.1) is 10.7 Å². The van der Waals surface area contributed by atoms with Gasteiger partial charge in [-0.1, -0.05) is 41.5 Å². The number of aromatic nitrogens is 1. The van der Waals surface area contributed by atoms with Crippen molar-refractivity contribution in [3.8, 4) is 0 Å². The fourth-order valence-corrected chi connectivity index (χ4v) is 3.34. The number of hydrogen-bond donors (Lipinski definition) is 1. The van der Waals surface area contributed by atoms with Crippen molar-refractivity contribution < 1.29 is 0 Å². The third-order valence-electron chi connectivity index (χ3n) is 2.49. The second-order valence-electron chi connectivity index (χ2n) is 6.76. The number of thiazole rings is 1. The fraction of sp³-hybridized carbons (Fsp3) is 0.786. The van der Waals surface area contributed by atoms with Crippen LogP contribution < -0.4 is 5.73 Å². The lowest BCUT2D eigenvalue weighted by molar-refractivity contribution is 0.569. The van der Waals surface area contributed by atoms with Gasteiger partial charge in [0, 0.05) is 33.8 Å². The van der Waals surface area contributed by atoms with Crippen LogP contribution in [0.5, 0.6) is 0 Å². The van der Waals surface area contributed by atoms with Gasteiger partial charge in [-0.3, -0.25) is 0 Å². The Morgan fingerprint density at radius 2 is 1.89 bits per heavy atom. The van der Waals surface area contributed by atoms with Crippen LogP contribution in [0.3, 0.4) is 0 Å². The molecule has 0 aliphatic heterocycles. The summed E-state index contributed by atoms with van der Waals surface area (Å²) in [6, 6.07) is 0.202. The zero-order chi connectivity index (χ0) is 14.0. The standard InChI is InChI=1S/C14H26N2S2/c1-13(2,3)11-9-17-12(16-11)7-10(15)8-18-14(4,5)6/h9-10H,7-8,15H2,1-6H3. The molecule has 0 saturated heterocycles. The maximum Gasteiger partial charge on any atom is 0.0944 e. The molecule has 0 spiro atoms. The molecular weight excluding hydrogens is 260 g/mol. The molecule has 1 rings (SSSR count). The molecule has 4 heteroatoms. The number of nitrogens with zero attached hydrogens (tertiary/aromatic N) is 1. The van der Waals surface area contributed by atoms with E-state index in [1.54, 1.807) is 11.3 Å². The molecule has 1 heterocycles. The molecule has 0 aromatic carbocycles. The summed E-state index contributed by atoms with van der Waals surface area (Å²) in [7, 11) is 0. The molecule has 1 aromatic rings. The molecule has 2 nitrogen and oxygen atoms in total. The molecule has 2 N–H and O–H groups in total. The maximum absolute atomic E-state index is 6.18. The summed E-state index contributed by atoms with van der Waals surface area (Å²) >= 11 is 3.66. The van der Waals surface area contributed by atoms with Gasteiger partial charge in [0.2, 0.25) is 0 Å². The molecule has 0 saturated carbocycles. The number of nitrogens with two attached hydrogens (primary N) is 1. The molecule has 104 valence electrons. The van der Waals surface area contributed by atoms with E-state index in [2.05, 4.69) is 46.9 Å². The van der Waals surface area contributed by atoms with Crippen LogP contribution in [-0.2, 0) is 11.8 Å². The Hall–Kier alpha value is -0.0600. The van der Waals surface area contributed by atoms with Gasteiger partial charge >= 0.3 is 0 Å². The molecule has 1 aromatic heterocycles. The summed E-state index contributed by atoms with van der Waals surface area (Å²) in [5.41, 5.74) is 7.49. The van der Waals surface area contributed by atoms with E-state index in [1.165, 1.54) is 10.7 Å². The Morgan fingerprint density at radius 3 is 2.33 bits per heavy atom. The second-order valence-corrected chi connectivity index (χ2v) is 9.55. The Labute approximate surface area is 120 Å². The molecule has 1 atom stereocenters. The average Bonchev–Trinajstić information content (AvgIpc) is 2.61. The quantitative estimate of drug-likeness (QED) is 0.914. The number of thioether (sulfide) groups is 1. The van der Waals surface area contributed by atoms with E-state index in [9.17, 15) is 0 Å². The van der Waals surface area contributed by atoms with Crippen LogP contribution >= 0.6 is 23.1 Å². The van der Waals surface area contributed by atoms with Gasteiger partial charge in [-0.15, -0.1) is 11.3 Å². The molecule has 0 amide bonds. The van der Waals surface area contributed by atoms with Crippen molar-refractivity contribution in [1.29, 1.82) is 0 Å². The van der Waals surface area contributed by atoms with E-state index in [4.69, 9.17) is 10.7 Å². The van der Waals surface area contributed by atoms with Crippen LogP contribution in [0, 0.1) is 0 Å². The topological polar surface area (TPSA) is 38.9 Å². The van der Waals surface area contributed by atoms with Crippen molar-refractivity contribution in [3.63, 3.8) is 0 Å². The molecule has 0 aliphatic rings. The SMILES string of the molecule is CC(C)(C)SCC(N)Cc1nc(C(C)(C)C)cs1. The lowest BCUT2D eigenvalue weighted by Crippen LogP contribution is -2.28. The minimum atomic E-state index is 0.138. The summed E-state index contributed by atoms with van der Waals surface area (Å²) in [5.74, 6) is 0.994. The molecule has 0 aliphatic carbocycles. The zero-order valence-corrected chi connectivity index (χ0v) is 14.0. The predicted molar refractivity (Wildman–Crippen MR) is 84.7 cm³/mol. The Morgan fingerprint density at radius 1 is 1.28 bits per heavy atom. The summed E-state index contributed by atoms with van der Waals surface area (Å²) in [4.78, 5) is 4.70. The van der Waals surface area contributed by atoms with E-state index in [0.717, 1.165) is 12.2 Å². The predicted octanol–water partition coefficient (Wildman–Crippen LogP) is 3.84. The lowest BCUT2D eigenvalue weighted by Gasteiger charge is -2.20. The van der Waals surface area contributed by atoms with Crippen LogP contribution in [0.15, 0.2) is 5.38 Å². The van der Waals surface area contributed by atoms with Gasteiger partial charge in [0.1, 0.15) is 0 Å². The summed E-state index contributed by atoms with van der Waals surface area (Å²) < 4.78 is 0.289. The van der Waals surface area contributed by atoms with E-state index in [1.807, 2.05) is 11.8 Å². The van der Waals surface area contributed by atoms with Crippen molar-refractivity contribution >= 4 is 23.1 Å². The zero-order valence-electron chi connectivity index (χ0n) is 12.4. The minimum absolute atomic E-state index is 0.138. The largest absolute Gasteiger partial charge is 0.327 e. The third-order valence-corrected chi connectivity index (χ3v) is 4.82. The fourth-order valence-electron chi connectivity index (χ4n) is 1.39. The monoisotopic (exact) mass is 286 g/mol. The highest BCUT2D eigenvalue weighted by Gasteiger charge is 2.19. The van der Waals surface area contributed by atoms with Crippen molar-refractivity contribution in [1.82, 2.24) is 4.98 Å². The highest BCUT2D eigenvalue weighted by Crippen LogP contribution is 2.26. The first-order chi connectivity index (χ1) is 8.08. The summed E-state index contributed by atoms with van der Waals surface area (Å²) in [5, 5.41) is 3.33. The Kier molecular flexibility index (Phi) is 5.27. The molecule has 1 unspecified atom stereocenters.